The van der Waals surface area contributed by atoms with E-state index in [0.29, 0.717) is 0 Å². The Kier molecular flexibility index (Phi) is 4.45. The molecule has 94 valence electrons. The molecule has 2 aliphatic rings. The van der Waals surface area contributed by atoms with Gasteiger partial charge in [-0.2, -0.15) is 0 Å². The summed E-state index contributed by atoms with van der Waals surface area (Å²) in [6.45, 7) is 0. The summed E-state index contributed by atoms with van der Waals surface area (Å²) in [7, 11) is 1.93. The van der Waals surface area contributed by atoms with Gasteiger partial charge >= 0.3 is 8.56 Å². The Hall–Kier alpha value is 0.137. The Labute approximate surface area is 101 Å². The van der Waals surface area contributed by atoms with Gasteiger partial charge in [0.1, 0.15) is 0 Å². The molecule has 2 aliphatic carbocycles. The minimum atomic E-state index is -1.86. The molecule has 2 fully saturated rings. The average Bonchev–Trinajstić information content (AvgIpc) is 3.07. The van der Waals surface area contributed by atoms with E-state index in [9.17, 15) is 0 Å². The third-order valence-electron chi connectivity index (χ3n) is 4.46. The van der Waals surface area contributed by atoms with Gasteiger partial charge in [0, 0.05) is 25.3 Å². The van der Waals surface area contributed by atoms with Crippen LogP contribution in [-0.4, -0.2) is 22.8 Å². The Bertz CT molecular complexity index is 204. The van der Waals surface area contributed by atoms with Gasteiger partial charge in [-0.15, -0.1) is 0 Å². The lowest BCUT2D eigenvalue weighted by molar-refractivity contribution is 0.217. The van der Waals surface area contributed by atoms with Gasteiger partial charge in [0.05, 0.1) is 0 Å². The predicted molar refractivity (Wildman–Crippen MR) is 68.8 cm³/mol. The van der Waals surface area contributed by atoms with Crippen LogP contribution in [-0.2, 0) is 8.85 Å². The molecule has 0 unspecified atom stereocenters. The molecule has 2 saturated carbocycles. The molecule has 0 bridgehead atoms. The van der Waals surface area contributed by atoms with E-state index in [2.05, 4.69) is 0 Å². The third-order valence-corrected chi connectivity index (χ3v) is 9.17. The summed E-state index contributed by atoms with van der Waals surface area (Å²) in [6, 6.07) is 0. The van der Waals surface area contributed by atoms with Crippen molar-refractivity contribution in [2.24, 2.45) is 0 Å². The summed E-state index contributed by atoms with van der Waals surface area (Å²) >= 11 is 0. The lowest BCUT2D eigenvalue weighted by Gasteiger charge is -2.36. The van der Waals surface area contributed by atoms with Crippen LogP contribution in [0.5, 0.6) is 0 Å². The molecule has 0 heterocycles. The smallest absolute Gasteiger partial charge is 0.344 e. The largest absolute Gasteiger partial charge is 0.397 e. The van der Waals surface area contributed by atoms with E-state index in [1.807, 2.05) is 14.2 Å². The minimum Gasteiger partial charge on any atom is -0.397 e. The molecule has 0 spiro atoms. The van der Waals surface area contributed by atoms with Crippen molar-refractivity contribution in [3.8, 4) is 0 Å². The molecule has 2 nitrogen and oxygen atoms in total. The SMILES string of the molecule is CO[Si](OC)(C1CCCCCCC1)C1CC1. The van der Waals surface area contributed by atoms with Crippen LogP contribution in [0.15, 0.2) is 0 Å². The Morgan fingerprint density at radius 3 is 1.56 bits per heavy atom. The van der Waals surface area contributed by atoms with Crippen LogP contribution in [0, 0.1) is 0 Å². The highest BCUT2D eigenvalue weighted by Gasteiger charge is 2.55. The van der Waals surface area contributed by atoms with Gasteiger partial charge in [-0.25, -0.2) is 0 Å². The van der Waals surface area contributed by atoms with E-state index in [-0.39, 0.29) is 0 Å². The molecular weight excluding hydrogens is 216 g/mol. The number of rotatable bonds is 4. The second kappa shape index (κ2) is 5.65. The Balaban J connectivity index is 2.04. The van der Waals surface area contributed by atoms with Gasteiger partial charge in [-0.3, -0.25) is 0 Å². The summed E-state index contributed by atoms with van der Waals surface area (Å²) in [6.07, 6.45) is 12.4. The molecule has 0 N–H and O–H groups in total. The molecule has 3 heteroatoms. The molecular formula is C13H26O2Si. The van der Waals surface area contributed by atoms with Gasteiger partial charge in [0.2, 0.25) is 0 Å². The van der Waals surface area contributed by atoms with Gasteiger partial charge in [0.25, 0.3) is 0 Å². The van der Waals surface area contributed by atoms with Crippen molar-refractivity contribution in [2.45, 2.75) is 68.9 Å². The van der Waals surface area contributed by atoms with Crippen LogP contribution in [0.4, 0.5) is 0 Å². The van der Waals surface area contributed by atoms with Crippen molar-refractivity contribution in [3.05, 3.63) is 0 Å². The highest BCUT2D eigenvalue weighted by molar-refractivity contribution is 6.71. The fraction of sp³-hybridized carbons (Fsp3) is 1.00. The molecule has 0 aromatic heterocycles. The van der Waals surface area contributed by atoms with Crippen LogP contribution < -0.4 is 0 Å². The third kappa shape index (κ3) is 2.52. The first-order chi connectivity index (χ1) is 7.83. The zero-order valence-electron chi connectivity index (χ0n) is 10.8. The first-order valence-electron chi connectivity index (χ1n) is 6.94. The maximum atomic E-state index is 5.96. The van der Waals surface area contributed by atoms with Crippen molar-refractivity contribution < 1.29 is 8.85 Å². The van der Waals surface area contributed by atoms with Crippen LogP contribution in [0.2, 0.25) is 11.1 Å². The average molecular weight is 242 g/mol. The topological polar surface area (TPSA) is 18.5 Å². The van der Waals surface area contributed by atoms with Gasteiger partial charge < -0.3 is 8.85 Å². The van der Waals surface area contributed by atoms with Crippen molar-refractivity contribution in [1.29, 1.82) is 0 Å². The fourth-order valence-corrected chi connectivity index (χ4v) is 7.78. The highest BCUT2D eigenvalue weighted by atomic mass is 28.4. The molecule has 2 rings (SSSR count). The molecule has 0 aromatic carbocycles. The zero-order chi connectivity index (χ0) is 11.4. The number of hydrogen-bond donors (Lipinski definition) is 0. The van der Waals surface area contributed by atoms with Crippen LogP contribution >= 0.6 is 0 Å². The standard InChI is InChI=1S/C13H26O2Si/c1-14-16(15-2,13-10-11-13)12-8-6-4-3-5-7-9-12/h12-13H,3-11H2,1-2H3. The van der Waals surface area contributed by atoms with E-state index in [4.69, 9.17) is 8.85 Å². The molecule has 0 aromatic rings. The van der Waals surface area contributed by atoms with E-state index in [1.54, 1.807) is 0 Å². The van der Waals surface area contributed by atoms with Crippen molar-refractivity contribution in [2.75, 3.05) is 14.2 Å². The normalized spacial score (nSPS) is 25.1. The predicted octanol–water partition coefficient (Wildman–Crippen LogP) is 4.00. The van der Waals surface area contributed by atoms with E-state index in [1.165, 1.54) is 57.8 Å². The second-order valence-electron chi connectivity index (χ2n) is 5.45. The Morgan fingerprint density at radius 2 is 1.12 bits per heavy atom. The van der Waals surface area contributed by atoms with E-state index in [0.717, 1.165) is 11.1 Å². The maximum absolute atomic E-state index is 5.96. The van der Waals surface area contributed by atoms with E-state index >= 15 is 0 Å². The van der Waals surface area contributed by atoms with Crippen molar-refractivity contribution in [3.63, 3.8) is 0 Å². The summed E-state index contributed by atoms with van der Waals surface area (Å²) in [4.78, 5) is 0. The molecule has 0 amide bonds. The van der Waals surface area contributed by atoms with Crippen LogP contribution in [0.1, 0.15) is 57.8 Å². The summed E-state index contributed by atoms with van der Waals surface area (Å²) in [5.74, 6) is 0. The van der Waals surface area contributed by atoms with E-state index < -0.39 is 8.56 Å². The molecule has 0 saturated heterocycles. The summed E-state index contributed by atoms with van der Waals surface area (Å²) < 4.78 is 11.9. The molecule has 0 aliphatic heterocycles. The first kappa shape index (κ1) is 12.6. The van der Waals surface area contributed by atoms with Gasteiger partial charge in [0.15, 0.2) is 0 Å². The molecule has 16 heavy (non-hydrogen) atoms. The van der Waals surface area contributed by atoms with Crippen LogP contribution in [0.3, 0.4) is 0 Å². The van der Waals surface area contributed by atoms with Gasteiger partial charge in [-0.1, -0.05) is 32.1 Å². The minimum absolute atomic E-state index is 0.760. The van der Waals surface area contributed by atoms with Crippen LogP contribution in [0.25, 0.3) is 0 Å². The van der Waals surface area contributed by atoms with Crippen molar-refractivity contribution in [1.82, 2.24) is 0 Å². The van der Waals surface area contributed by atoms with Crippen molar-refractivity contribution >= 4 is 8.56 Å². The summed E-state index contributed by atoms with van der Waals surface area (Å²) in [5.41, 5.74) is 1.56. The molecule has 0 radical (unpaired) electrons. The zero-order valence-corrected chi connectivity index (χ0v) is 11.8. The lowest BCUT2D eigenvalue weighted by Crippen LogP contribution is -2.46. The van der Waals surface area contributed by atoms with Gasteiger partial charge in [-0.05, 0) is 25.7 Å². The quantitative estimate of drug-likeness (QED) is 0.694. The maximum Gasteiger partial charge on any atom is 0.344 e. The monoisotopic (exact) mass is 242 g/mol. The lowest BCUT2D eigenvalue weighted by atomic mass is 10.0. The Morgan fingerprint density at radius 1 is 0.688 bits per heavy atom. The fourth-order valence-electron chi connectivity index (χ4n) is 3.43. The first-order valence-corrected chi connectivity index (χ1v) is 8.91. The summed E-state index contributed by atoms with van der Waals surface area (Å²) in [5, 5.41) is 0. The second-order valence-corrected chi connectivity index (χ2v) is 9.34. The number of hydrogen-bond acceptors (Lipinski definition) is 2. The highest BCUT2D eigenvalue weighted by Crippen LogP contribution is 2.53. The molecule has 0 atom stereocenters.